The van der Waals surface area contributed by atoms with Crippen LogP contribution in [0.15, 0.2) is 89.8 Å². The summed E-state index contributed by atoms with van der Waals surface area (Å²) in [5.41, 5.74) is 4.28. The summed E-state index contributed by atoms with van der Waals surface area (Å²) in [5, 5.41) is 6.03. The fourth-order valence-corrected chi connectivity index (χ4v) is 7.83. The standard InChI is InChI=1S/C35H36N2O4S2/c1-3-4-18-30(38)36-26-16-11-17-27(22-26)42-32(24-14-9-6-10-15-24)33(39)37-34-31(35(40)41-2)28-20-19-25(21-29(28)43-34)23-12-7-5-8-13-23/h5-17,22,25,32H,3-4,18-21H2,1-2H3,(H,36,38)(H,37,39). The third kappa shape index (κ3) is 7.56. The van der Waals surface area contributed by atoms with E-state index in [9.17, 15) is 14.4 Å². The number of carbonyl (C=O) groups is 3. The Hall–Kier alpha value is -3.88. The number of hydrogen-bond donors (Lipinski definition) is 2. The van der Waals surface area contributed by atoms with E-state index in [4.69, 9.17) is 4.74 Å². The number of rotatable bonds is 11. The van der Waals surface area contributed by atoms with Crippen LogP contribution in [0.1, 0.15) is 75.7 Å². The van der Waals surface area contributed by atoms with Gasteiger partial charge in [0.15, 0.2) is 0 Å². The molecule has 2 atom stereocenters. The molecule has 0 saturated heterocycles. The summed E-state index contributed by atoms with van der Waals surface area (Å²) in [4.78, 5) is 41.3. The Bertz CT molecular complexity index is 1570. The highest BCUT2D eigenvalue weighted by atomic mass is 32.2. The first-order chi connectivity index (χ1) is 21.0. The van der Waals surface area contributed by atoms with Crippen molar-refractivity contribution in [3.63, 3.8) is 0 Å². The molecular formula is C35H36N2O4S2. The molecule has 2 N–H and O–H groups in total. The van der Waals surface area contributed by atoms with Gasteiger partial charge < -0.3 is 15.4 Å². The molecule has 0 bridgehead atoms. The lowest BCUT2D eigenvalue weighted by Crippen LogP contribution is -2.20. The quantitative estimate of drug-likeness (QED) is 0.131. The van der Waals surface area contributed by atoms with Gasteiger partial charge in [0, 0.05) is 21.9 Å². The van der Waals surface area contributed by atoms with Gasteiger partial charge in [0.1, 0.15) is 10.3 Å². The van der Waals surface area contributed by atoms with Crippen LogP contribution in [-0.2, 0) is 27.2 Å². The van der Waals surface area contributed by atoms with Gasteiger partial charge in [0.05, 0.1) is 12.7 Å². The molecule has 1 aliphatic carbocycles. The zero-order valence-electron chi connectivity index (χ0n) is 24.4. The molecule has 43 heavy (non-hydrogen) atoms. The number of amides is 2. The molecule has 0 aliphatic heterocycles. The molecule has 8 heteroatoms. The fraction of sp³-hybridized carbons (Fsp3) is 0.286. The fourth-order valence-electron chi connectivity index (χ4n) is 5.42. The van der Waals surface area contributed by atoms with Gasteiger partial charge in [-0.25, -0.2) is 4.79 Å². The number of benzene rings is 3. The van der Waals surface area contributed by atoms with E-state index in [0.29, 0.717) is 28.6 Å². The second kappa shape index (κ2) is 14.5. The highest BCUT2D eigenvalue weighted by Gasteiger charge is 2.32. The van der Waals surface area contributed by atoms with Gasteiger partial charge in [-0.2, -0.15) is 0 Å². The van der Waals surface area contributed by atoms with Crippen molar-refractivity contribution in [2.75, 3.05) is 17.7 Å². The van der Waals surface area contributed by atoms with Gasteiger partial charge >= 0.3 is 5.97 Å². The first-order valence-corrected chi connectivity index (χ1v) is 16.4. The summed E-state index contributed by atoms with van der Waals surface area (Å²) in [6.07, 6.45) is 4.76. The Morgan fingerprint density at radius 3 is 2.44 bits per heavy atom. The van der Waals surface area contributed by atoms with Gasteiger partial charge in [-0.1, -0.05) is 80.1 Å². The zero-order chi connectivity index (χ0) is 30.2. The minimum Gasteiger partial charge on any atom is -0.465 e. The molecule has 0 radical (unpaired) electrons. The molecule has 0 saturated carbocycles. The third-order valence-corrected chi connectivity index (χ3v) is 10.0. The zero-order valence-corrected chi connectivity index (χ0v) is 26.1. The van der Waals surface area contributed by atoms with E-state index in [0.717, 1.165) is 53.0 Å². The van der Waals surface area contributed by atoms with Crippen LogP contribution < -0.4 is 10.6 Å². The van der Waals surface area contributed by atoms with Gasteiger partial charge in [-0.15, -0.1) is 23.1 Å². The molecular weight excluding hydrogens is 577 g/mol. The van der Waals surface area contributed by atoms with Crippen molar-refractivity contribution in [1.29, 1.82) is 0 Å². The number of methoxy groups -OCH3 is 1. The number of ether oxygens (including phenoxy) is 1. The highest BCUT2D eigenvalue weighted by Crippen LogP contribution is 2.44. The average molecular weight is 613 g/mol. The second-order valence-electron chi connectivity index (χ2n) is 10.6. The second-order valence-corrected chi connectivity index (χ2v) is 12.9. The van der Waals surface area contributed by atoms with E-state index in [1.165, 1.54) is 35.8 Å². The minimum absolute atomic E-state index is 0.0205. The predicted octanol–water partition coefficient (Wildman–Crippen LogP) is 8.41. The Kier molecular flexibility index (Phi) is 10.3. The monoisotopic (exact) mass is 612 g/mol. The van der Waals surface area contributed by atoms with Crippen molar-refractivity contribution >= 4 is 51.6 Å². The summed E-state index contributed by atoms with van der Waals surface area (Å²) in [6, 6.07) is 27.6. The van der Waals surface area contributed by atoms with E-state index < -0.39 is 11.2 Å². The number of unbranched alkanes of at least 4 members (excludes halogenated alkanes) is 1. The van der Waals surface area contributed by atoms with Crippen LogP contribution in [0, 0.1) is 0 Å². The normalized spacial score (nSPS) is 14.8. The summed E-state index contributed by atoms with van der Waals surface area (Å²) in [6.45, 7) is 2.06. The van der Waals surface area contributed by atoms with Crippen molar-refractivity contribution in [2.24, 2.45) is 0 Å². The summed E-state index contributed by atoms with van der Waals surface area (Å²) >= 11 is 2.88. The van der Waals surface area contributed by atoms with E-state index in [-0.39, 0.29) is 11.8 Å². The maximum atomic E-state index is 14.0. The van der Waals surface area contributed by atoms with E-state index in [1.807, 2.05) is 60.7 Å². The van der Waals surface area contributed by atoms with Gasteiger partial charge in [-0.3, -0.25) is 9.59 Å². The molecule has 4 aromatic rings. The Morgan fingerprint density at radius 1 is 0.977 bits per heavy atom. The first-order valence-electron chi connectivity index (χ1n) is 14.7. The third-order valence-electron chi connectivity index (χ3n) is 7.63. The molecule has 0 fully saturated rings. The molecule has 1 heterocycles. The van der Waals surface area contributed by atoms with Crippen molar-refractivity contribution in [3.05, 3.63) is 112 Å². The number of nitrogens with one attached hydrogen (secondary N) is 2. The number of thiophene rings is 1. The topological polar surface area (TPSA) is 84.5 Å². The molecule has 3 aromatic carbocycles. The number of fused-ring (bicyclic) bond motifs is 1. The van der Waals surface area contributed by atoms with E-state index in [1.54, 1.807) is 0 Å². The lowest BCUT2D eigenvalue weighted by molar-refractivity contribution is -0.116. The van der Waals surface area contributed by atoms with Crippen molar-refractivity contribution in [3.8, 4) is 0 Å². The van der Waals surface area contributed by atoms with Crippen LogP contribution >= 0.6 is 23.1 Å². The summed E-state index contributed by atoms with van der Waals surface area (Å²) in [5.74, 6) is -0.310. The largest absolute Gasteiger partial charge is 0.465 e. The van der Waals surface area contributed by atoms with E-state index in [2.05, 4.69) is 41.8 Å². The van der Waals surface area contributed by atoms with Crippen LogP contribution in [0.5, 0.6) is 0 Å². The molecule has 6 nitrogen and oxygen atoms in total. The average Bonchev–Trinajstić information content (AvgIpc) is 3.40. The van der Waals surface area contributed by atoms with Crippen LogP contribution in [0.4, 0.5) is 10.7 Å². The molecule has 222 valence electrons. The van der Waals surface area contributed by atoms with Gasteiger partial charge in [0.2, 0.25) is 11.8 Å². The maximum absolute atomic E-state index is 14.0. The number of esters is 1. The SMILES string of the molecule is CCCCC(=O)Nc1cccc(SC(C(=O)Nc2sc3c(c2C(=O)OC)CCC(c2ccccc2)C3)c2ccccc2)c1. The van der Waals surface area contributed by atoms with Crippen LogP contribution in [0.2, 0.25) is 0 Å². The number of hydrogen-bond acceptors (Lipinski definition) is 6. The predicted molar refractivity (Wildman–Crippen MR) is 175 cm³/mol. The van der Waals surface area contributed by atoms with Gasteiger partial charge in [0.25, 0.3) is 0 Å². The van der Waals surface area contributed by atoms with Crippen LogP contribution in [0.25, 0.3) is 0 Å². The van der Waals surface area contributed by atoms with Crippen molar-refractivity contribution in [1.82, 2.24) is 0 Å². The summed E-state index contributed by atoms with van der Waals surface area (Å²) in [7, 11) is 1.38. The lowest BCUT2D eigenvalue weighted by Gasteiger charge is -2.22. The Morgan fingerprint density at radius 2 is 1.72 bits per heavy atom. The van der Waals surface area contributed by atoms with Crippen LogP contribution in [0.3, 0.4) is 0 Å². The minimum atomic E-state index is -0.589. The number of anilines is 2. The molecule has 1 aliphatic rings. The summed E-state index contributed by atoms with van der Waals surface area (Å²) < 4.78 is 5.18. The lowest BCUT2D eigenvalue weighted by atomic mass is 9.83. The van der Waals surface area contributed by atoms with Crippen LogP contribution in [-0.4, -0.2) is 24.9 Å². The first kappa shape index (κ1) is 30.6. The van der Waals surface area contributed by atoms with Crippen molar-refractivity contribution in [2.45, 2.75) is 61.5 Å². The molecule has 1 aromatic heterocycles. The number of carbonyl (C=O) groups excluding carboxylic acids is 3. The molecule has 2 unspecified atom stereocenters. The maximum Gasteiger partial charge on any atom is 0.341 e. The number of thioether (sulfide) groups is 1. The van der Waals surface area contributed by atoms with E-state index >= 15 is 0 Å². The molecule has 2 amide bonds. The highest BCUT2D eigenvalue weighted by molar-refractivity contribution is 8.00. The smallest absolute Gasteiger partial charge is 0.341 e. The van der Waals surface area contributed by atoms with Gasteiger partial charge in [-0.05, 0) is 66.5 Å². The Labute approximate surface area is 261 Å². The molecule has 0 spiro atoms. The Balaban J connectivity index is 1.40. The molecule has 5 rings (SSSR count). The van der Waals surface area contributed by atoms with Crippen molar-refractivity contribution < 1.29 is 19.1 Å².